The summed E-state index contributed by atoms with van der Waals surface area (Å²) in [5.74, 6) is -0.0924. The molecule has 5 nitrogen and oxygen atoms in total. The van der Waals surface area contributed by atoms with Gasteiger partial charge in [-0.05, 0) is 37.8 Å². The number of nitrogens with zero attached hydrogens (tertiary/aromatic N) is 1. The molecule has 0 radical (unpaired) electrons. The molecule has 0 spiro atoms. The minimum absolute atomic E-state index is 0.0924. The summed E-state index contributed by atoms with van der Waals surface area (Å²) >= 11 is 0. The van der Waals surface area contributed by atoms with Crippen molar-refractivity contribution in [2.45, 2.75) is 43.8 Å². The molecular formula is C15H17N3O2. The lowest BCUT2D eigenvalue weighted by Crippen LogP contribution is -2.52. The molecule has 2 aromatic heterocycles. The van der Waals surface area contributed by atoms with Gasteiger partial charge in [-0.1, -0.05) is 0 Å². The molecule has 3 atom stereocenters. The molecule has 1 amide bonds. The largest absolute Gasteiger partial charge is 0.463 e. The first-order valence-electron chi connectivity index (χ1n) is 7.20. The molecule has 0 saturated carbocycles. The highest BCUT2D eigenvalue weighted by Gasteiger charge is 2.35. The number of carbonyl (C=O) groups excluding carboxylic acids is 1. The van der Waals surface area contributed by atoms with Gasteiger partial charge in [0, 0.05) is 23.5 Å². The lowest BCUT2D eigenvalue weighted by Gasteiger charge is -2.30. The SMILES string of the molecule is O=C(N[C@H]1CC[C@@H]2CC[C@H]1N2)c1cc2ccoc2cn1. The maximum absolute atomic E-state index is 12.3. The standard InChI is InChI=1S/C15H17N3O2/c19-15(13-7-9-5-6-20-14(9)8-16-13)18-12-4-2-10-1-3-11(12)17-10/h5-8,10-12,17H,1-4H2,(H,18,19)/t10-,11+,12-/m0/s1. The average molecular weight is 271 g/mol. The third-order valence-electron chi connectivity index (χ3n) is 4.48. The molecule has 2 saturated heterocycles. The smallest absolute Gasteiger partial charge is 0.270 e. The van der Waals surface area contributed by atoms with E-state index in [1.54, 1.807) is 18.5 Å². The van der Waals surface area contributed by atoms with E-state index in [1.165, 1.54) is 6.42 Å². The molecule has 5 heteroatoms. The van der Waals surface area contributed by atoms with E-state index >= 15 is 0 Å². The van der Waals surface area contributed by atoms with Gasteiger partial charge in [0.2, 0.25) is 0 Å². The van der Waals surface area contributed by atoms with Crippen molar-refractivity contribution in [1.29, 1.82) is 0 Å². The number of hydrogen-bond acceptors (Lipinski definition) is 4. The van der Waals surface area contributed by atoms with Crippen LogP contribution in [0.15, 0.2) is 29.0 Å². The van der Waals surface area contributed by atoms with Gasteiger partial charge in [0.15, 0.2) is 5.58 Å². The number of nitrogens with one attached hydrogen (secondary N) is 2. The van der Waals surface area contributed by atoms with Crippen LogP contribution in [-0.4, -0.2) is 29.0 Å². The van der Waals surface area contributed by atoms with Crippen LogP contribution in [0.4, 0.5) is 0 Å². The Balaban J connectivity index is 1.51. The summed E-state index contributed by atoms with van der Waals surface area (Å²) in [5.41, 5.74) is 1.17. The van der Waals surface area contributed by atoms with Crippen LogP contribution in [0, 0.1) is 0 Å². The third-order valence-corrected chi connectivity index (χ3v) is 4.48. The maximum Gasteiger partial charge on any atom is 0.270 e. The van der Waals surface area contributed by atoms with Crippen LogP contribution in [-0.2, 0) is 0 Å². The zero-order chi connectivity index (χ0) is 13.5. The fraction of sp³-hybridized carbons (Fsp3) is 0.467. The number of furan rings is 1. The first kappa shape index (κ1) is 11.9. The number of piperidine rings is 1. The van der Waals surface area contributed by atoms with Gasteiger partial charge in [0.25, 0.3) is 5.91 Å². The molecule has 2 bridgehead atoms. The van der Waals surface area contributed by atoms with E-state index in [0.29, 0.717) is 23.4 Å². The van der Waals surface area contributed by atoms with Gasteiger partial charge >= 0.3 is 0 Å². The summed E-state index contributed by atoms with van der Waals surface area (Å²) in [7, 11) is 0. The molecule has 20 heavy (non-hydrogen) atoms. The first-order chi connectivity index (χ1) is 9.79. The number of pyridine rings is 1. The van der Waals surface area contributed by atoms with Crippen LogP contribution in [0.2, 0.25) is 0 Å². The number of fused-ring (bicyclic) bond motifs is 3. The van der Waals surface area contributed by atoms with E-state index in [2.05, 4.69) is 15.6 Å². The van der Waals surface area contributed by atoms with E-state index in [-0.39, 0.29) is 11.9 Å². The van der Waals surface area contributed by atoms with Gasteiger partial charge in [0.05, 0.1) is 12.5 Å². The number of amides is 1. The summed E-state index contributed by atoms with van der Waals surface area (Å²) in [4.78, 5) is 16.5. The van der Waals surface area contributed by atoms with E-state index in [1.807, 2.05) is 6.07 Å². The minimum atomic E-state index is -0.0924. The summed E-state index contributed by atoms with van der Waals surface area (Å²) in [6.45, 7) is 0. The van der Waals surface area contributed by atoms with Crippen molar-refractivity contribution in [3.8, 4) is 0 Å². The van der Waals surface area contributed by atoms with Crippen molar-refractivity contribution in [3.05, 3.63) is 30.3 Å². The van der Waals surface area contributed by atoms with Crippen molar-refractivity contribution in [2.24, 2.45) is 0 Å². The summed E-state index contributed by atoms with van der Waals surface area (Å²) in [6.07, 6.45) is 7.81. The highest BCUT2D eigenvalue weighted by atomic mass is 16.3. The molecule has 104 valence electrons. The van der Waals surface area contributed by atoms with Crippen molar-refractivity contribution in [2.75, 3.05) is 0 Å². The Bertz CT molecular complexity index is 651. The normalized spacial score (nSPS) is 28.7. The predicted molar refractivity (Wildman–Crippen MR) is 74.4 cm³/mol. The number of aromatic nitrogens is 1. The van der Waals surface area contributed by atoms with E-state index in [9.17, 15) is 4.79 Å². The van der Waals surface area contributed by atoms with Gasteiger partial charge in [-0.25, -0.2) is 4.98 Å². The van der Waals surface area contributed by atoms with E-state index in [0.717, 1.165) is 24.6 Å². The lowest BCUT2D eigenvalue weighted by molar-refractivity contribution is 0.0914. The van der Waals surface area contributed by atoms with Gasteiger partial charge in [0.1, 0.15) is 5.69 Å². The second-order valence-electron chi connectivity index (χ2n) is 5.73. The second-order valence-corrected chi connectivity index (χ2v) is 5.73. The molecule has 2 aliphatic heterocycles. The topological polar surface area (TPSA) is 67.2 Å². The Morgan fingerprint density at radius 1 is 1.35 bits per heavy atom. The molecular weight excluding hydrogens is 254 g/mol. The van der Waals surface area contributed by atoms with Gasteiger partial charge in [-0.15, -0.1) is 0 Å². The minimum Gasteiger partial charge on any atom is -0.463 e. The van der Waals surface area contributed by atoms with Crippen molar-refractivity contribution >= 4 is 16.9 Å². The van der Waals surface area contributed by atoms with E-state index in [4.69, 9.17) is 4.42 Å². The molecule has 2 fully saturated rings. The third kappa shape index (κ3) is 1.98. The highest BCUT2D eigenvalue weighted by Crippen LogP contribution is 2.27. The molecule has 4 heterocycles. The summed E-state index contributed by atoms with van der Waals surface area (Å²) < 4.78 is 5.24. The molecule has 0 aliphatic carbocycles. The van der Waals surface area contributed by atoms with E-state index < -0.39 is 0 Å². The summed E-state index contributed by atoms with van der Waals surface area (Å²) in [6, 6.07) is 4.94. The monoisotopic (exact) mass is 271 g/mol. The van der Waals surface area contributed by atoms with Crippen molar-refractivity contribution in [3.63, 3.8) is 0 Å². The number of carbonyl (C=O) groups is 1. The van der Waals surface area contributed by atoms with Crippen LogP contribution >= 0.6 is 0 Å². The fourth-order valence-electron chi connectivity index (χ4n) is 3.38. The first-order valence-corrected chi connectivity index (χ1v) is 7.20. The zero-order valence-electron chi connectivity index (χ0n) is 11.1. The number of hydrogen-bond donors (Lipinski definition) is 2. The second kappa shape index (κ2) is 4.59. The van der Waals surface area contributed by atoms with Crippen LogP contribution in [0.1, 0.15) is 36.2 Å². The predicted octanol–water partition coefficient (Wildman–Crippen LogP) is 1.84. The van der Waals surface area contributed by atoms with Gasteiger partial charge < -0.3 is 15.1 Å². The highest BCUT2D eigenvalue weighted by molar-refractivity contribution is 5.95. The fourth-order valence-corrected chi connectivity index (χ4v) is 3.38. The van der Waals surface area contributed by atoms with Crippen LogP contribution in [0.3, 0.4) is 0 Å². The van der Waals surface area contributed by atoms with Gasteiger partial charge in [-0.3, -0.25) is 4.79 Å². The van der Waals surface area contributed by atoms with Crippen LogP contribution < -0.4 is 10.6 Å². The van der Waals surface area contributed by atoms with Gasteiger partial charge in [-0.2, -0.15) is 0 Å². The maximum atomic E-state index is 12.3. The molecule has 0 unspecified atom stereocenters. The Hall–Kier alpha value is -1.88. The molecule has 2 N–H and O–H groups in total. The number of rotatable bonds is 2. The Kier molecular flexibility index (Phi) is 2.73. The van der Waals surface area contributed by atoms with Crippen LogP contribution in [0.5, 0.6) is 0 Å². The Morgan fingerprint density at radius 3 is 3.20 bits per heavy atom. The lowest BCUT2D eigenvalue weighted by atomic mass is 9.99. The molecule has 2 aromatic rings. The summed E-state index contributed by atoms with van der Waals surface area (Å²) in [5, 5.41) is 7.61. The molecule has 4 rings (SSSR count). The Morgan fingerprint density at radius 2 is 2.25 bits per heavy atom. The molecule has 2 aliphatic rings. The average Bonchev–Trinajstić information content (AvgIpc) is 3.08. The van der Waals surface area contributed by atoms with Crippen molar-refractivity contribution in [1.82, 2.24) is 15.6 Å². The zero-order valence-corrected chi connectivity index (χ0v) is 11.1. The van der Waals surface area contributed by atoms with Crippen molar-refractivity contribution < 1.29 is 9.21 Å². The van der Waals surface area contributed by atoms with Crippen LogP contribution in [0.25, 0.3) is 11.0 Å². The quantitative estimate of drug-likeness (QED) is 0.874. The Labute approximate surface area is 116 Å². The molecule has 0 aromatic carbocycles.